The van der Waals surface area contributed by atoms with Crippen molar-refractivity contribution in [2.45, 2.75) is 119 Å². The molecule has 2 N–H and O–H groups in total. The van der Waals surface area contributed by atoms with Crippen molar-refractivity contribution in [1.29, 1.82) is 0 Å². The van der Waals surface area contributed by atoms with Crippen LogP contribution in [0.5, 0.6) is 0 Å². The van der Waals surface area contributed by atoms with Gasteiger partial charge in [0.1, 0.15) is 17.7 Å². The second-order valence-electron chi connectivity index (χ2n) is 11.3. The normalized spacial score (nSPS) is 14.3. The lowest BCUT2D eigenvalue weighted by Gasteiger charge is -2.39. The summed E-state index contributed by atoms with van der Waals surface area (Å²) in [6.45, 7) is 21.0. The first-order chi connectivity index (χ1) is 16.1. The van der Waals surface area contributed by atoms with Gasteiger partial charge in [0.2, 0.25) is 11.8 Å². The number of hydrogen-bond donors (Lipinski definition) is 2. The molecule has 0 heterocycles. The van der Waals surface area contributed by atoms with E-state index in [0.717, 1.165) is 16.7 Å². The molecule has 1 aromatic rings. The maximum absolute atomic E-state index is 14.2. The number of amides is 3. The lowest BCUT2D eigenvalue weighted by Crippen LogP contribution is -2.56. The van der Waals surface area contributed by atoms with Crippen molar-refractivity contribution < 1.29 is 19.1 Å². The molecule has 3 amide bonds. The number of rotatable bonds is 10. The van der Waals surface area contributed by atoms with Gasteiger partial charge in [-0.15, -0.1) is 0 Å². The molecular formula is C28H47N3O4. The molecule has 1 rings (SSSR count). The van der Waals surface area contributed by atoms with Crippen LogP contribution < -0.4 is 10.6 Å². The molecule has 1 aromatic carbocycles. The molecule has 0 aliphatic rings. The molecule has 198 valence electrons. The van der Waals surface area contributed by atoms with E-state index in [1.54, 1.807) is 25.7 Å². The Balaban J connectivity index is 3.60. The van der Waals surface area contributed by atoms with Crippen molar-refractivity contribution in [3.63, 3.8) is 0 Å². The summed E-state index contributed by atoms with van der Waals surface area (Å²) in [5, 5.41) is 5.80. The maximum atomic E-state index is 14.2. The molecule has 0 aliphatic carbocycles. The van der Waals surface area contributed by atoms with E-state index in [0.29, 0.717) is 12.8 Å². The van der Waals surface area contributed by atoms with Gasteiger partial charge < -0.3 is 20.3 Å². The summed E-state index contributed by atoms with van der Waals surface area (Å²) in [7, 11) is 0. The zero-order valence-electron chi connectivity index (χ0n) is 23.6. The van der Waals surface area contributed by atoms with Gasteiger partial charge in [-0.05, 0) is 85.3 Å². The summed E-state index contributed by atoms with van der Waals surface area (Å²) in [5.74, 6) is -0.382. The number of nitrogens with zero attached hydrogens (tertiary/aromatic N) is 1. The topological polar surface area (TPSA) is 87.7 Å². The van der Waals surface area contributed by atoms with Gasteiger partial charge in [-0.3, -0.25) is 9.59 Å². The van der Waals surface area contributed by atoms with Crippen molar-refractivity contribution in [3.05, 3.63) is 34.9 Å². The lowest BCUT2D eigenvalue weighted by molar-refractivity contribution is -0.145. The average molecular weight is 490 g/mol. The van der Waals surface area contributed by atoms with Crippen molar-refractivity contribution in [1.82, 2.24) is 15.5 Å². The average Bonchev–Trinajstić information content (AvgIpc) is 2.70. The number of alkyl carbamates (subject to hydrolysis) is 1. The zero-order chi connectivity index (χ0) is 27.1. The molecule has 0 aliphatic heterocycles. The van der Waals surface area contributed by atoms with E-state index in [4.69, 9.17) is 4.74 Å². The predicted octanol–water partition coefficient (Wildman–Crippen LogP) is 5.44. The van der Waals surface area contributed by atoms with Crippen molar-refractivity contribution >= 4 is 17.9 Å². The van der Waals surface area contributed by atoms with E-state index in [1.807, 2.05) is 73.6 Å². The summed E-state index contributed by atoms with van der Waals surface area (Å²) in [5.41, 5.74) is 2.04. The summed E-state index contributed by atoms with van der Waals surface area (Å²) in [6, 6.07) is 3.98. The highest BCUT2D eigenvalue weighted by molar-refractivity contribution is 5.92. The minimum atomic E-state index is -0.824. The molecule has 0 bridgehead atoms. The Morgan fingerprint density at radius 2 is 1.60 bits per heavy atom. The fraction of sp³-hybridized carbons (Fsp3) is 0.679. The standard InChI is InChI=1S/C28H47N3O4/c1-12-21(8)31(26(33)23(15-17(2)3)30-27(34)35-28(9,10)11)24(25(32)29-18(4)5)22-16-19(6)13-14-20(22)7/h13-14,16-18,21,23-24H,12,15H2,1-11H3,(H,29,32)(H,30,34). The van der Waals surface area contributed by atoms with Crippen molar-refractivity contribution in [2.75, 3.05) is 0 Å². The third-order valence-corrected chi connectivity index (χ3v) is 5.70. The summed E-state index contributed by atoms with van der Waals surface area (Å²) in [6.07, 6.45) is 0.440. The summed E-state index contributed by atoms with van der Waals surface area (Å²) < 4.78 is 5.45. The molecule has 3 atom stereocenters. The molecule has 3 unspecified atom stereocenters. The molecule has 0 saturated heterocycles. The van der Waals surface area contributed by atoms with Gasteiger partial charge in [0.15, 0.2) is 0 Å². The Morgan fingerprint density at radius 1 is 1.00 bits per heavy atom. The summed E-state index contributed by atoms with van der Waals surface area (Å²) in [4.78, 5) is 42.1. The Morgan fingerprint density at radius 3 is 2.09 bits per heavy atom. The van der Waals surface area contributed by atoms with E-state index in [2.05, 4.69) is 10.6 Å². The van der Waals surface area contributed by atoms with Gasteiger partial charge in [0, 0.05) is 12.1 Å². The molecule has 0 spiro atoms. The van der Waals surface area contributed by atoms with Crippen LogP contribution in [0.2, 0.25) is 0 Å². The van der Waals surface area contributed by atoms with Crippen LogP contribution in [-0.2, 0) is 14.3 Å². The van der Waals surface area contributed by atoms with E-state index in [-0.39, 0.29) is 29.8 Å². The van der Waals surface area contributed by atoms with Gasteiger partial charge >= 0.3 is 6.09 Å². The number of hydrogen-bond acceptors (Lipinski definition) is 4. The number of aryl methyl sites for hydroxylation is 2. The fourth-order valence-corrected chi connectivity index (χ4v) is 3.95. The molecular weight excluding hydrogens is 442 g/mol. The Kier molecular flexibility index (Phi) is 11.3. The largest absolute Gasteiger partial charge is 0.444 e. The van der Waals surface area contributed by atoms with Crippen LogP contribution in [-0.4, -0.2) is 46.5 Å². The SMILES string of the molecule is CCC(C)N(C(=O)C(CC(C)C)NC(=O)OC(C)(C)C)C(C(=O)NC(C)C)c1cc(C)ccc1C. The van der Waals surface area contributed by atoms with Crippen LogP contribution in [0.25, 0.3) is 0 Å². The molecule has 35 heavy (non-hydrogen) atoms. The van der Waals surface area contributed by atoms with Crippen LogP contribution in [0.3, 0.4) is 0 Å². The van der Waals surface area contributed by atoms with E-state index < -0.39 is 23.8 Å². The second kappa shape index (κ2) is 12.9. The first-order valence-corrected chi connectivity index (χ1v) is 12.8. The molecule has 0 fully saturated rings. The minimum Gasteiger partial charge on any atom is -0.444 e. The number of benzene rings is 1. The van der Waals surface area contributed by atoms with Crippen LogP contribution in [0, 0.1) is 19.8 Å². The number of nitrogens with one attached hydrogen (secondary N) is 2. The number of carbonyl (C=O) groups excluding carboxylic acids is 3. The highest BCUT2D eigenvalue weighted by Gasteiger charge is 2.39. The number of ether oxygens (including phenoxy) is 1. The molecule has 7 nitrogen and oxygen atoms in total. The van der Waals surface area contributed by atoms with Crippen LogP contribution in [0.1, 0.15) is 97.9 Å². The van der Waals surface area contributed by atoms with Crippen molar-refractivity contribution in [2.24, 2.45) is 5.92 Å². The van der Waals surface area contributed by atoms with Gasteiger partial charge in [0.05, 0.1) is 0 Å². The van der Waals surface area contributed by atoms with Crippen LogP contribution in [0.4, 0.5) is 4.79 Å². The Hall–Kier alpha value is -2.57. The monoisotopic (exact) mass is 489 g/mol. The molecule has 0 radical (unpaired) electrons. The van der Waals surface area contributed by atoms with Crippen molar-refractivity contribution in [3.8, 4) is 0 Å². The molecule has 0 aromatic heterocycles. The minimum absolute atomic E-state index is 0.0876. The zero-order valence-corrected chi connectivity index (χ0v) is 23.6. The van der Waals surface area contributed by atoms with E-state index >= 15 is 0 Å². The smallest absolute Gasteiger partial charge is 0.408 e. The summed E-state index contributed by atoms with van der Waals surface area (Å²) >= 11 is 0. The van der Waals surface area contributed by atoms with Crippen LogP contribution in [0.15, 0.2) is 18.2 Å². The van der Waals surface area contributed by atoms with Gasteiger partial charge in [-0.2, -0.15) is 0 Å². The Bertz CT molecular complexity index is 873. The first-order valence-electron chi connectivity index (χ1n) is 12.8. The maximum Gasteiger partial charge on any atom is 0.408 e. The van der Waals surface area contributed by atoms with Crippen LogP contribution >= 0.6 is 0 Å². The van der Waals surface area contributed by atoms with E-state index in [1.165, 1.54) is 0 Å². The third-order valence-electron chi connectivity index (χ3n) is 5.70. The molecule has 7 heteroatoms. The molecule has 0 saturated carbocycles. The first kappa shape index (κ1) is 30.5. The Labute approximate surface area is 212 Å². The highest BCUT2D eigenvalue weighted by atomic mass is 16.6. The van der Waals surface area contributed by atoms with Gasteiger partial charge in [-0.25, -0.2) is 4.79 Å². The quantitative estimate of drug-likeness (QED) is 0.458. The van der Waals surface area contributed by atoms with E-state index in [9.17, 15) is 14.4 Å². The second-order valence-corrected chi connectivity index (χ2v) is 11.3. The fourth-order valence-electron chi connectivity index (χ4n) is 3.95. The third kappa shape index (κ3) is 9.54. The predicted molar refractivity (Wildman–Crippen MR) is 141 cm³/mol. The highest BCUT2D eigenvalue weighted by Crippen LogP contribution is 2.30. The van der Waals surface area contributed by atoms with Gasteiger partial charge in [-0.1, -0.05) is 44.5 Å². The number of carbonyl (C=O) groups is 3. The van der Waals surface area contributed by atoms with Gasteiger partial charge in [0.25, 0.3) is 0 Å². The lowest BCUT2D eigenvalue weighted by atomic mass is 9.93.